The Kier molecular flexibility index (Phi) is 12.9. The highest BCUT2D eigenvalue weighted by molar-refractivity contribution is 5.91. The molecule has 1 aliphatic heterocycles. The molecular weight excluding hydrogens is 430 g/mol. The van der Waals surface area contributed by atoms with Gasteiger partial charge in [0.2, 0.25) is 11.8 Å². The average Bonchev–Trinajstić information content (AvgIpc) is 2.83. The van der Waals surface area contributed by atoms with E-state index in [1.165, 1.54) is 0 Å². The Hall–Kier alpha value is -1.89. The van der Waals surface area contributed by atoms with Gasteiger partial charge in [0.25, 0.3) is 0 Å². The van der Waals surface area contributed by atoms with Crippen molar-refractivity contribution in [2.24, 2.45) is 11.8 Å². The fraction of sp³-hybridized carbons (Fsp3) is 0.815. The number of likely N-dealkylation sites (tertiary alicyclic amines) is 1. The first-order chi connectivity index (χ1) is 16.0. The van der Waals surface area contributed by atoms with Crippen LogP contribution in [0.25, 0.3) is 0 Å². The standard InChI is InChI=1S/C27H49N3O4/c1-10-19(6)23(17-20(7)27(33)34-12-3)29(9)26(32)24(18(4)5)28-25(31)22-15-13-14-16-30(22)21(8)11-2/h17-19,21-24H,10-16H2,1-9H3,(H,28,31)/b20-17+. The van der Waals surface area contributed by atoms with Gasteiger partial charge in [-0.2, -0.15) is 0 Å². The zero-order chi connectivity index (χ0) is 26.0. The minimum atomic E-state index is -0.624. The van der Waals surface area contributed by atoms with Crippen molar-refractivity contribution < 1.29 is 19.1 Å². The van der Waals surface area contributed by atoms with E-state index in [-0.39, 0.29) is 41.7 Å². The minimum absolute atomic E-state index is 0.0567. The number of amides is 2. The van der Waals surface area contributed by atoms with Crippen molar-refractivity contribution in [1.82, 2.24) is 15.1 Å². The molecule has 34 heavy (non-hydrogen) atoms. The van der Waals surface area contributed by atoms with E-state index in [0.717, 1.165) is 38.6 Å². The van der Waals surface area contributed by atoms with Crippen molar-refractivity contribution in [2.75, 3.05) is 20.2 Å². The number of hydrogen-bond acceptors (Lipinski definition) is 5. The summed E-state index contributed by atoms with van der Waals surface area (Å²) in [5, 5.41) is 3.10. The maximum atomic E-state index is 13.7. The van der Waals surface area contributed by atoms with E-state index < -0.39 is 6.04 Å². The fourth-order valence-corrected chi connectivity index (χ4v) is 4.60. The number of hydrogen-bond donors (Lipinski definition) is 1. The van der Waals surface area contributed by atoms with Crippen molar-refractivity contribution in [3.05, 3.63) is 11.6 Å². The van der Waals surface area contributed by atoms with Crippen LogP contribution in [-0.2, 0) is 19.1 Å². The number of carbonyl (C=O) groups is 3. The zero-order valence-electron chi connectivity index (χ0n) is 23.0. The van der Waals surface area contributed by atoms with E-state index in [9.17, 15) is 14.4 Å². The van der Waals surface area contributed by atoms with Crippen LogP contribution in [0.3, 0.4) is 0 Å². The van der Waals surface area contributed by atoms with Gasteiger partial charge in [-0.05, 0) is 58.4 Å². The topological polar surface area (TPSA) is 79.0 Å². The largest absolute Gasteiger partial charge is 0.463 e. The summed E-state index contributed by atoms with van der Waals surface area (Å²) >= 11 is 0. The second-order valence-corrected chi connectivity index (χ2v) is 10.1. The van der Waals surface area contributed by atoms with Crippen LogP contribution in [0.4, 0.5) is 0 Å². The molecular formula is C27H49N3O4. The Morgan fingerprint density at radius 1 is 1.09 bits per heavy atom. The number of ether oxygens (including phenoxy) is 1. The lowest BCUT2D eigenvalue weighted by molar-refractivity contribution is -0.140. The molecule has 1 aliphatic rings. The highest BCUT2D eigenvalue weighted by Crippen LogP contribution is 2.23. The molecule has 1 N–H and O–H groups in total. The molecule has 5 atom stereocenters. The zero-order valence-corrected chi connectivity index (χ0v) is 23.0. The lowest BCUT2D eigenvalue weighted by Gasteiger charge is -2.40. The Morgan fingerprint density at radius 3 is 2.26 bits per heavy atom. The van der Waals surface area contributed by atoms with Gasteiger partial charge in [-0.1, -0.05) is 53.5 Å². The first-order valence-electron chi connectivity index (χ1n) is 13.2. The molecule has 7 heteroatoms. The van der Waals surface area contributed by atoms with Gasteiger partial charge in [-0.25, -0.2) is 4.79 Å². The molecule has 196 valence electrons. The Labute approximate surface area is 207 Å². The Morgan fingerprint density at radius 2 is 1.74 bits per heavy atom. The fourth-order valence-electron chi connectivity index (χ4n) is 4.60. The molecule has 1 heterocycles. The van der Waals surface area contributed by atoms with Gasteiger partial charge < -0.3 is 15.0 Å². The molecule has 0 aromatic heterocycles. The average molecular weight is 480 g/mol. The van der Waals surface area contributed by atoms with E-state index in [1.807, 2.05) is 19.9 Å². The molecule has 0 spiro atoms. The molecule has 0 bridgehead atoms. The third-order valence-electron chi connectivity index (χ3n) is 7.27. The van der Waals surface area contributed by atoms with E-state index in [2.05, 4.69) is 37.9 Å². The molecule has 1 fully saturated rings. The molecule has 5 unspecified atom stereocenters. The lowest BCUT2D eigenvalue weighted by atomic mass is 9.93. The van der Waals surface area contributed by atoms with Crippen molar-refractivity contribution in [1.29, 1.82) is 0 Å². The first-order valence-corrected chi connectivity index (χ1v) is 13.2. The van der Waals surface area contributed by atoms with Crippen LogP contribution in [0.5, 0.6) is 0 Å². The molecule has 0 aromatic carbocycles. The number of likely N-dealkylation sites (N-methyl/N-ethyl adjacent to an activating group) is 1. The second-order valence-electron chi connectivity index (χ2n) is 10.1. The summed E-state index contributed by atoms with van der Waals surface area (Å²) in [7, 11) is 1.77. The van der Waals surface area contributed by atoms with Gasteiger partial charge in [0.15, 0.2) is 0 Å². The summed E-state index contributed by atoms with van der Waals surface area (Å²) in [4.78, 5) is 43.2. The predicted octanol–water partition coefficient (Wildman–Crippen LogP) is 4.16. The summed E-state index contributed by atoms with van der Waals surface area (Å²) in [6, 6.07) is -0.760. The van der Waals surface area contributed by atoms with Crippen LogP contribution in [0.2, 0.25) is 0 Å². The quantitative estimate of drug-likeness (QED) is 0.336. The normalized spacial score (nSPS) is 20.9. The molecule has 7 nitrogen and oxygen atoms in total. The van der Waals surface area contributed by atoms with E-state index >= 15 is 0 Å². The lowest BCUT2D eigenvalue weighted by Crippen LogP contribution is -2.59. The molecule has 0 saturated carbocycles. The molecule has 2 amide bonds. The SMILES string of the molecule is CCOC(=O)/C(C)=C/C(C(C)CC)N(C)C(=O)C(NC(=O)C1CCCCN1C(C)CC)C(C)C. The number of rotatable bonds is 12. The molecule has 0 aliphatic carbocycles. The van der Waals surface area contributed by atoms with Crippen molar-refractivity contribution in [2.45, 2.75) is 112 Å². The molecule has 1 rings (SSSR count). The van der Waals surface area contributed by atoms with Crippen LogP contribution < -0.4 is 5.32 Å². The van der Waals surface area contributed by atoms with Gasteiger partial charge in [0, 0.05) is 18.7 Å². The Bertz CT molecular complexity index is 706. The van der Waals surface area contributed by atoms with Crippen LogP contribution in [0, 0.1) is 11.8 Å². The van der Waals surface area contributed by atoms with Crippen molar-refractivity contribution in [3.63, 3.8) is 0 Å². The summed E-state index contributed by atoms with van der Waals surface area (Å²) in [6.07, 6.45) is 6.61. The van der Waals surface area contributed by atoms with E-state index in [1.54, 1.807) is 25.8 Å². The van der Waals surface area contributed by atoms with Crippen molar-refractivity contribution in [3.8, 4) is 0 Å². The summed E-state index contributed by atoms with van der Waals surface area (Å²) < 4.78 is 5.13. The maximum Gasteiger partial charge on any atom is 0.333 e. The highest BCUT2D eigenvalue weighted by atomic mass is 16.5. The third kappa shape index (κ3) is 8.10. The van der Waals surface area contributed by atoms with Crippen LogP contribution >= 0.6 is 0 Å². The first kappa shape index (κ1) is 30.1. The van der Waals surface area contributed by atoms with Gasteiger partial charge in [-0.3, -0.25) is 14.5 Å². The number of nitrogens with zero attached hydrogens (tertiary/aromatic N) is 2. The van der Waals surface area contributed by atoms with Crippen LogP contribution in [-0.4, -0.2) is 72.0 Å². The third-order valence-corrected chi connectivity index (χ3v) is 7.27. The van der Waals surface area contributed by atoms with Crippen LogP contribution in [0.1, 0.15) is 87.5 Å². The number of esters is 1. The van der Waals surface area contributed by atoms with Gasteiger partial charge in [0.05, 0.1) is 18.7 Å². The smallest absolute Gasteiger partial charge is 0.333 e. The van der Waals surface area contributed by atoms with Gasteiger partial charge in [0.1, 0.15) is 6.04 Å². The van der Waals surface area contributed by atoms with Gasteiger partial charge >= 0.3 is 5.97 Å². The van der Waals surface area contributed by atoms with Crippen molar-refractivity contribution >= 4 is 17.8 Å². The van der Waals surface area contributed by atoms with E-state index in [0.29, 0.717) is 18.2 Å². The number of carbonyl (C=O) groups excluding carboxylic acids is 3. The minimum Gasteiger partial charge on any atom is -0.463 e. The van der Waals surface area contributed by atoms with E-state index in [4.69, 9.17) is 4.74 Å². The van der Waals surface area contributed by atoms with Crippen LogP contribution in [0.15, 0.2) is 11.6 Å². The monoisotopic (exact) mass is 479 g/mol. The highest BCUT2D eigenvalue weighted by Gasteiger charge is 2.36. The number of nitrogens with one attached hydrogen (secondary N) is 1. The molecule has 0 radical (unpaired) electrons. The second kappa shape index (κ2) is 14.5. The molecule has 0 aromatic rings. The summed E-state index contributed by atoms with van der Waals surface area (Å²) in [5.41, 5.74) is 0.489. The Balaban J connectivity index is 3.12. The van der Waals surface area contributed by atoms with Gasteiger partial charge in [-0.15, -0.1) is 0 Å². The summed E-state index contributed by atoms with van der Waals surface area (Å²) in [6.45, 7) is 17.1. The predicted molar refractivity (Wildman–Crippen MR) is 137 cm³/mol. The maximum absolute atomic E-state index is 13.7. The summed E-state index contributed by atoms with van der Waals surface area (Å²) in [5.74, 6) is -0.479. The molecule has 1 saturated heterocycles. The number of piperidine rings is 1.